The zero-order valence-electron chi connectivity index (χ0n) is 47.9. The lowest BCUT2D eigenvalue weighted by atomic mass is 10.0. The normalized spacial score (nSPS) is 13.9. The van der Waals surface area contributed by atoms with Crippen LogP contribution in [0.5, 0.6) is 0 Å². The van der Waals surface area contributed by atoms with Crippen molar-refractivity contribution in [1.29, 1.82) is 0 Å². The number of unbranched alkanes of at least 4 members (excludes halogenated alkanes) is 13. The Balaban J connectivity index is 4.23. The van der Waals surface area contributed by atoms with Crippen molar-refractivity contribution in [3.8, 4) is 0 Å². The Kier molecular flexibility index (Phi) is 51.8. The fourth-order valence-corrected chi connectivity index (χ4v) is 7.24. The van der Waals surface area contributed by atoms with Crippen molar-refractivity contribution in [3.63, 3.8) is 0 Å². The molecule has 2 unspecified atom stereocenters. The molecule has 2 atom stereocenters. The Morgan fingerprint density at radius 2 is 0.760 bits per heavy atom. The molecule has 0 saturated carbocycles. The van der Waals surface area contributed by atoms with E-state index in [2.05, 4.69) is 141 Å². The lowest BCUT2D eigenvalue weighted by molar-refractivity contribution is -0.870. The Hall–Kier alpha value is -4.83. The number of carbonyl (C=O) groups is 3. The summed E-state index contributed by atoms with van der Waals surface area (Å²) in [7, 11) is 5.93. The van der Waals surface area contributed by atoms with Gasteiger partial charge in [0.1, 0.15) is 13.2 Å². The maximum Gasteiger partial charge on any atom is 0.361 e. The van der Waals surface area contributed by atoms with E-state index in [0.29, 0.717) is 23.9 Å². The number of hydrogen-bond acceptors (Lipinski definition) is 7. The molecule has 0 aromatic carbocycles. The molecule has 0 radical (unpaired) electrons. The van der Waals surface area contributed by atoms with Gasteiger partial charge in [-0.15, -0.1) is 0 Å². The molecule has 0 bridgehead atoms. The molecule has 0 heterocycles. The first kappa shape index (κ1) is 70.2. The Morgan fingerprint density at radius 3 is 1.13 bits per heavy atom. The van der Waals surface area contributed by atoms with E-state index < -0.39 is 30.3 Å². The molecule has 0 aliphatic rings. The van der Waals surface area contributed by atoms with Gasteiger partial charge in [-0.2, -0.15) is 0 Å². The minimum absolute atomic E-state index is 0.0628. The molecule has 422 valence electrons. The number of hydrogen-bond donors (Lipinski definition) is 1. The van der Waals surface area contributed by atoms with Crippen LogP contribution in [-0.4, -0.2) is 87.4 Å². The van der Waals surface area contributed by atoms with E-state index in [9.17, 15) is 19.5 Å². The fraction of sp³-hybridized carbons (Fsp3) is 0.591. The predicted octanol–water partition coefficient (Wildman–Crippen LogP) is 17.2. The van der Waals surface area contributed by atoms with Crippen LogP contribution in [0.3, 0.4) is 0 Å². The molecule has 9 heteroatoms. The van der Waals surface area contributed by atoms with Crippen molar-refractivity contribution in [2.24, 2.45) is 0 Å². The van der Waals surface area contributed by atoms with E-state index in [1.165, 1.54) is 64.2 Å². The van der Waals surface area contributed by atoms with Gasteiger partial charge in [0.25, 0.3) is 6.29 Å². The van der Waals surface area contributed by atoms with Crippen LogP contribution in [-0.2, 0) is 33.3 Å². The largest absolute Gasteiger partial charge is 0.477 e. The monoisotopic (exact) mass is 1040 g/mol. The second-order valence-electron chi connectivity index (χ2n) is 19.9. The molecule has 75 heavy (non-hydrogen) atoms. The average Bonchev–Trinajstić information content (AvgIpc) is 3.38. The molecule has 0 saturated heterocycles. The van der Waals surface area contributed by atoms with Crippen molar-refractivity contribution < 1.29 is 42.9 Å². The molecule has 9 nitrogen and oxygen atoms in total. The summed E-state index contributed by atoms with van der Waals surface area (Å²) in [6.07, 6.45) is 78.3. The van der Waals surface area contributed by atoms with Gasteiger partial charge >= 0.3 is 17.9 Å². The van der Waals surface area contributed by atoms with Gasteiger partial charge in [-0.1, -0.05) is 230 Å². The number of aliphatic carboxylic acids is 1. The lowest BCUT2D eigenvalue weighted by Crippen LogP contribution is -2.40. The van der Waals surface area contributed by atoms with Crippen LogP contribution in [0.1, 0.15) is 194 Å². The van der Waals surface area contributed by atoms with E-state index in [1.54, 1.807) is 6.08 Å². The number of carboxylic acid groups (broad SMARTS) is 1. The minimum atomic E-state index is -1.54. The summed E-state index contributed by atoms with van der Waals surface area (Å²) >= 11 is 0. The first-order valence-electron chi connectivity index (χ1n) is 29.0. The van der Waals surface area contributed by atoms with Gasteiger partial charge in [0.15, 0.2) is 6.10 Å². The topological polar surface area (TPSA) is 108 Å². The molecule has 0 spiro atoms. The highest BCUT2D eigenvalue weighted by Gasteiger charge is 2.25. The lowest BCUT2D eigenvalue weighted by Gasteiger charge is -2.25. The zero-order chi connectivity index (χ0) is 54.8. The highest BCUT2D eigenvalue weighted by atomic mass is 16.7. The van der Waals surface area contributed by atoms with Gasteiger partial charge < -0.3 is 28.5 Å². The van der Waals surface area contributed by atoms with Gasteiger partial charge in [-0.25, -0.2) is 4.79 Å². The first-order chi connectivity index (χ1) is 36.6. The summed E-state index contributed by atoms with van der Waals surface area (Å²) in [4.78, 5) is 37.3. The summed E-state index contributed by atoms with van der Waals surface area (Å²) in [6, 6.07) is 0. The smallest absolute Gasteiger partial charge is 0.361 e. The van der Waals surface area contributed by atoms with Crippen LogP contribution < -0.4 is 0 Å². The van der Waals surface area contributed by atoms with Crippen molar-refractivity contribution in [2.75, 3.05) is 47.5 Å². The van der Waals surface area contributed by atoms with E-state index in [1.807, 2.05) is 33.3 Å². The molecule has 0 fully saturated rings. The number of esters is 2. The number of carbonyl (C=O) groups excluding carboxylic acids is 2. The van der Waals surface area contributed by atoms with Crippen LogP contribution in [0.4, 0.5) is 0 Å². The number of allylic oxidation sites excluding steroid dienone is 23. The van der Waals surface area contributed by atoms with Gasteiger partial charge in [-0.3, -0.25) is 9.59 Å². The Morgan fingerprint density at radius 1 is 0.413 bits per heavy atom. The maximum absolute atomic E-state index is 12.9. The van der Waals surface area contributed by atoms with Crippen LogP contribution in [0.15, 0.2) is 146 Å². The van der Waals surface area contributed by atoms with Crippen LogP contribution in [0.2, 0.25) is 0 Å². The third-order valence-corrected chi connectivity index (χ3v) is 11.6. The van der Waals surface area contributed by atoms with Crippen LogP contribution in [0, 0.1) is 0 Å². The Bertz CT molecular complexity index is 1730. The molecule has 0 aliphatic heterocycles. The molecular weight excluding hydrogens is 935 g/mol. The van der Waals surface area contributed by atoms with E-state index in [0.717, 1.165) is 89.9 Å². The molecule has 0 aromatic heterocycles. The van der Waals surface area contributed by atoms with Crippen molar-refractivity contribution in [3.05, 3.63) is 146 Å². The second-order valence-corrected chi connectivity index (χ2v) is 19.9. The molecule has 0 aromatic rings. The van der Waals surface area contributed by atoms with Gasteiger partial charge in [0.05, 0.1) is 40.8 Å². The number of likely N-dealkylation sites (N-methyl/N-ethyl adjacent to an activating group) is 1. The van der Waals surface area contributed by atoms with Gasteiger partial charge in [-0.05, 0) is 96.3 Å². The number of carboxylic acids is 1. The van der Waals surface area contributed by atoms with Crippen LogP contribution >= 0.6 is 0 Å². The summed E-state index contributed by atoms with van der Waals surface area (Å²) in [5.74, 6) is -2.19. The Labute approximate surface area is 458 Å². The van der Waals surface area contributed by atoms with E-state index in [-0.39, 0.29) is 32.7 Å². The fourth-order valence-electron chi connectivity index (χ4n) is 7.24. The molecule has 0 amide bonds. The summed E-state index contributed by atoms with van der Waals surface area (Å²) < 4.78 is 22.7. The molecular formula is C66H106NO8+. The third-order valence-electron chi connectivity index (χ3n) is 11.6. The number of nitrogens with zero attached hydrogens (tertiary/aromatic N) is 1. The molecule has 1 N–H and O–H groups in total. The second kappa shape index (κ2) is 55.4. The number of ether oxygens (including phenoxy) is 4. The molecule has 0 aliphatic carbocycles. The third kappa shape index (κ3) is 56.7. The van der Waals surface area contributed by atoms with Crippen molar-refractivity contribution in [2.45, 2.75) is 206 Å². The average molecular weight is 1040 g/mol. The van der Waals surface area contributed by atoms with Gasteiger partial charge in [0.2, 0.25) is 0 Å². The minimum Gasteiger partial charge on any atom is -0.477 e. The van der Waals surface area contributed by atoms with Gasteiger partial charge in [0, 0.05) is 6.42 Å². The standard InChI is InChI=1S/C66H105NO8/c1-6-8-10-12-14-16-18-20-22-23-24-25-26-27-28-29-30-31-32-33-34-35-36-37-38-39-40-41-43-45-47-49-51-53-55-57-64(69)75-62(61-74-66(65(70)71)72-59-58-67(3,4)5)60-73-63(68)56-54-52-50-48-46-44-42-21-19-17-15-13-11-9-7-2/h8-11,14-17,20-22,24-25,27-28,30-31,33-34,42,46,48,52,54,62,66H,6-7,12-13,18-19,23,26,29,32,35-41,43-45,47,49-51,53,55-61H2,1-5H3/p+1/b10-8-,11-9-,16-14-,17-15-,22-20-,25-24-,28-27-,31-30-,34-33-,42-21-,48-46-,54-52-. The van der Waals surface area contributed by atoms with Crippen LogP contribution in [0.25, 0.3) is 0 Å². The predicted molar refractivity (Wildman–Crippen MR) is 317 cm³/mol. The first-order valence-corrected chi connectivity index (χ1v) is 29.0. The van der Waals surface area contributed by atoms with E-state index >= 15 is 0 Å². The SMILES string of the molecule is CC/C=C\C/C=C\C/C=C\C/C=C\C/C=C\C/C=C\C/C=C\CCCCCCCCCCCCCCCC(=O)OC(COC(=O)C/C=C\C/C=C\C/C=C\C/C=C\C/C=C\CC)COC(OCC[N+](C)(C)C)C(=O)O. The molecule has 0 rings (SSSR count). The number of quaternary nitrogens is 1. The summed E-state index contributed by atoms with van der Waals surface area (Å²) in [5, 5.41) is 9.68. The zero-order valence-corrected chi connectivity index (χ0v) is 47.9. The number of rotatable bonds is 51. The summed E-state index contributed by atoms with van der Waals surface area (Å²) in [5.41, 5.74) is 0. The maximum atomic E-state index is 12.9. The highest BCUT2D eigenvalue weighted by molar-refractivity contribution is 5.72. The van der Waals surface area contributed by atoms with Crippen molar-refractivity contribution >= 4 is 17.9 Å². The summed E-state index contributed by atoms with van der Waals surface area (Å²) in [6.45, 7) is 4.51. The van der Waals surface area contributed by atoms with E-state index in [4.69, 9.17) is 18.9 Å². The quantitative estimate of drug-likeness (QED) is 0.0211. The van der Waals surface area contributed by atoms with Crippen molar-refractivity contribution in [1.82, 2.24) is 0 Å². The highest BCUT2D eigenvalue weighted by Crippen LogP contribution is 2.15.